The van der Waals surface area contributed by atoms with E-state index in [2.05, 4.69) is 15.0 Å². The van der Waals surface area contributed by atoms with Crippen molar-refractivity contribution in [2.45, 2.75) is 18.4 Å². The van der Waals surface area contributed by atoms with Crippen LogP contribution in [0.2, 0.25) is 0 Å². The van der Waals surface area contributed by atoms with Crippen LogP contribution in [0.4, 0.5) is 5.69 Å². The summed E-state index contributed by atoms with van der Waals surface area (Å²) in [5, 5.41) is 3.62. The monoisotopic (exact) mass is 297 g/mol. The molecule has 2 rings (SSSR count). The zero-order valence-corrected chi connectivity index (χ0v) is 12.3. The van der Waals surface area contributed by atoms with Gasteiger partial charge in [-0.25, -0.2) is 18.1 Å². The Morgan fingerprint density at radius 1 is 1.32 bits per heavy atom. The molecule has 0 amide bonds. The summed E-state index contributed by atoms with van der Waals surface area (Å²) in [4.78, 5) is 5.43. The Morgan fingerprint density at radius 3 is 2.68 bits per heavy atom. The molecule has 0 aliphatic carbocycles. The highest BCUT2D eigenvalue weighted by molar-refractivity contribution is 7.89. The van der Waals surface area contributed by atoms with E-state index in [9.17, 15) is 8.42 Å². The highest BCUT2D eigenvalue weighted by atomic mass is 32.2. The van der Waals surface area contributed by atoms with Crippen molar-refractivity contribution in [2.24, 2.45) is 0 Å². The molecule has 7 heteroatoms. The van der Waals surface area contributed by atoms with Gasteiger partial charge in [-0.3, -0.25) is 0 Å². The summed E-state index contributed by atoms with van der Waals surface area (Å²) in [7, 11) is -1.84. The molecule has 19 heavy (non-hydrogen) atoms. The predicted octanol–water partition coefficient (Wildman–Crippen LogP) is 1.97. The van der Waals surface area contributed by atoms with Crippen LogP contribution in [0.25, 0.3) is 0 Å². The van der Waals surface area contributed by atoms with Gasteiger partial charge in [0.15, 0.2) is 0 Å². The van der Waals surface area contributed by atoms with E-state index in [0.29, 0.717) is 5.69 Å². The molecule has 102 valence electrons. The fourth-order valence-corrected chi connectivity index (χ4v) is 3.64. The Morgan fingerprint density at radius 2 is 2.05 bits per heavy atom. The molecule has 0 spiro atoms. The van der Waals surface area contributed by atoms with Gasteiger partial charge < -0.3 is 5.32 Å². The molecule has 0 aliphatic rings. The summed E-state index contributed by atoms with van der Waals surface area (Å²) in [5.41, 5.74) is 0.574. The predicted molar refractivity (Wildman–Crippen MR) is 76.9 cm³/mol. The molecule has 0 saturated heterocycles. The number of aromatic nitrogens is 1. The van der Waals surface area contributed by atoms with E-state index < -0.39 is 10.0 Å². The second kappa shape index (κ2) is 5.68. The summed E-state index contributed by atoms with van der Waals surface area (Å²) in [6.07, 6.45) is 1.73. The lowest BCUT2D eigenvalue weighted by atomic mass is 10.3. The third-order valence-corrected chi connectivity index (χ3v) is 4.90. The third-order valence-electron chi connectivity index (χ3n) is 2.53. The fraction of sp³-hybridized carbons (Fsp3) is 0.250. The van der Waals surface area contributed by atoms with Crippen LogP contribution in [0.3, 0.4) is 0 Å². The van der Waals surface area contributed by atoms with E-state index in [-0.39, 0.29) is 11.4 Å². The quantitative estimate of drug-likeness (QED) is 0.885. The number of sulfonamides is 1. The fourth-order valence-electron chi connectivity index (χ4n) is 1.63. The highest BCUT2D eigenvalue weighted by Crippen LogP contribution is 2.20. The zero-order valence-electron chi connectivity index (χ0n) is 10.7. The summed E-state index contributed by atoms with van der Waals surface area (Å²) >= 11 is 1.48. The lowest BCUT2D eigenvalue weighted by Gasteiger charge is -2.10. The largest absolute Gasteiger partial charge is 0.387 e. The van der Waals surface area contributed by atoms with E-state index in [0.717, 1.165) is 9.88 Å². The van der Waals surface area contributed by atoms with Crippen LogP contribution in [-0.4, -0.2) is 20.4 Å². The molecule has 5 nitrogen and oxygen atoms in total. The van der Waals surface area contributed by atoms with Crippen molar-refractivity contribution in [1.29, 1.82) is 0 Å². The standard InChI is InChI=1S/C12H15N3O2S2/c1-9-7-14-12(18-9)8-15-19(16,17)11-6-4-3-5-10(11)13-2/h3-7,13,15H,8H2,1-2H3. The van der Waals surface area contributed by atoms with Gasteiger partial charge in [0, 0.05) is 18.1 Å². The van der Waals surface area contributed by atoms with Crippen LogP contribution < -0.4 is 10.0 Å². The minimum absolute atomic E-state index is 0.207. The van der Waals surface area contributed by atoms with E-state index in [4.69, 9.17) is 0 Å². The van der Waals surface area contributed by atoms with Crippen molar-refractivity contribution < 1.29 is 8.42 Å². The molecule has 2 aromatic rings. The van der Waals surface area contributed by atoms with Crippen molar-refractivity contribution in [1.82, 2.24) is 9.71 Å². The normalized spacial score (nSPS) is 11.5. The number of rotatable bonds is 5. The number of hydrogen-bond donors (Lipinski definition) is 2. The second-order valence-electron chi connectivity index (χ2n) is 3.94. The molecule has 0 atom stereocenters. The Kier molecular flexibility index (Phi) is 4.18. The molecule has 0 aliphatic heterocycles. The maximum Gasteiger partial charge on any atom is 0.243 e. The summed E-state index contributed by atoms with van der Waals surface area (Å²) < 4.78 is 27.0. The van der Waals surface area contributed by atoms with Crippen LogP contribution in [0.15, 0.2) is 35.4 Å². The lowest BCUT2D eigenvalue weighted by Crippen LogP contribution is -2.24. The molecule has 1 aromatic heterocycles. The van der Waals surface area contributed by atoms with Gasteiger partial charge in [0.2, 0.25) is 10.0 Å². The van der Waals surface area contributed by atoms with Gasteiger partial charge in [-0.2, -0.15) is 0 Å². The van der Waals surface area contributed by atoms with Crippen LogP contribution in [0, 0.1) is 6.92 Å². The van der Waals surface area contributed by atoms with Crippen molar-refractivity contribution >= 4 is 27.0 Å². The SMILES string of the molecule is CNc1ccccc1S(=O)(=O)NCc1ncc(C)s1. The first-order chi connectivity index (χ1) is 9.03. The average Bonchev–Trinajstić information content (AvgIpc) is 2.82. The number of benzene rings is 1. The van der Waals surface area contributed by atoms with E-state index in [1.165, 1.54) is 11.3 Å². The smallest absolute Gasteiger partial charge is 0.243 e. The van der Waals surface area contributed by atoms with E-state index in [1.54, 1.807) is 37.5 Å². The number of para-hydroxylation sites is 1. The maximum absolute atomic E-state index is 12.2. The lowest BCUT2D eigenvalue weighted by molar-refractivity contribution is 0.581. The van der Waals surface area contributed by atoms with Gasteiger partial charge in [-0.05, 0) is 19.1 Å². The number of nitrogens with zero attached hydrogens (tertiary/aromatic N) is 1. The molecule has 1 heterocycles. The molecule has 0 bridgehead atoms. The van der Waals surface area contributed by atoms with Gasteiger partial charge in [0.05, 0.1) is 12.2 Å². The van der Waals surface area contributed by atoms with Crippen molar-refractivity contribution in [3.05, 3.63) is 40.3 Å². The first kappa shape index (κ1) is 14.0. The van der Waals surface area contributed by atoms with Gasteiger partial charge in [0.1, 0.15) is 9.90 Å². The van der Waals surface area contributed by atoms with E-state index >= 15 is 0 Å². The first-order valence-corrected chi connectivity index (χ1v) is 8.00. The zero-order chi connectivity index (χ0) is 13.9. The average molecular weight is 297 g/mol. The minimum atomic E-state index is -3.54. The molecule has 0 radical (unpaired) electrons. The molecular weight excluding hydrogens is 282 g/mol. The van der Waals surface area contributed by atoms with E-state index in [1.807, 2.05) is 6.92 Å². The topological polar surface area (TPSA) is 71.1 Å². The van der Waals surface area contributed by atoms with Gasteiger partial charge in [-0.1, -0.05) is 12.1 Å². The summed E-state index contributed by atoms with van der Waals surface area (Å²) in [5.74, 6) is 0. The molecule has 2 N–H and O–H groups in total. The third kappa shape index (κ3) is 3.31. The minimum Gasteiger partial charge on any atom is -0.387 e. The van der Waals surface area contributed by atoms with Gasteiger partial charge in [-0.15, -0.1) is 11.3 Å². The van der Waals surface area contributed by atoms with Crippen LogP contribution in [-0.2, 0) is 16.6 Å². The van der Waals surface area contributed by atoms with Crippen molar-refractivity contribution in [3.63, 3.8) is 0 Å². The number of nitrogens with one attached hydrogen (secondary N) is 2. The Balaban J connectivity index is 2.18. The van der Waals surface area contributed by atoms with Crippen molar-refractivity contribution in [3.8, 4) is 0 Å². The molecule has 0 fully saturated rings. The Hall–Kier alpha value is -1.44. The number of anilines is 1. The Labute approximate surface area is 116 Å². The molecule has 1 aromatic carbocycles. The number of hydrogen-bond acceptors (Lipinski definition) is 5. The first-order valence-electron chi connectivity index (χ1n) is 5.70. The Bertz CT molecular complexity index is 665. The summed E-state index contributed by atoms with van der Waals surface area (Å²) in [6.45, 7) is 2.14. The van der Waals surface area contributed by atoms with Crippen LogP contribution >= 0.6 is 11.3 Å². The molecule has 0 saturated carbocycles. The van der Waals surface area contributed by atoms with Gasteiger partial charge >= 0.3 is 0 Å². The van der Waals surface area contributed by atoms with Crippen LogP contribution in [0.1, 0.15) is 9.88 Å². The number of aryl methyl sites for hydroxylation is 1. The van der Waals surface area contributed by atoms with Gasteiger partial charge in [0.25, 0.3) is 0 Å². The highest BCUT2D eigenvalue weighted by Gasteiger charge is 2.17. The second-order valence-corrected chi connectivity index (χ2v) is 6.99. The maximum atomic E-state index is 12.2. The van der Waals surface area contributed by atoms with Crippen LogP contribution in [0.5, 0.6) is 0 Å². The van der Waals surface area contributed by atoms with Crippen molar-refractivity contribution in [2.75, 3.05) is 12.4 Å². The molecular formula is C12H15N3O2S2. The summed E-state index contributed by atoms with van der Waals surface area (Å²) in [6, 6.07) is 6.78. The molecule has 0 unspecified atom stereocenters. The number of thiazole rings is 1.